The van der Waals surface area contributed by atoms with Crippen LogP contribution in [0.4, 0.5) is 0 Å². The summed E-state index contributed by atoms with van der Waals surface area (Å²) in [6, 6.07) is -0.573. The minimum absolute atomic E-state index is 0.111. The highest BCUT2D eigenvalue weighted by Gasteiger charge is 2.59. The van der Waals surface area contributed by atoms with Gasteiger partial charge in [-0.05, 0) is 19.3 Å². The van der Waals surface area contributed by atoms with E-state index in [-0.39, 0.29) is 22.9 Å². The maximum atomic E-state index is 11.8. The Balaban J connectivity index is 1.97. The van der Waals surface area contributed by atoms with E-state index in [0.717, 1.165) is 12.8 Å². The summed E-state index contributed by atoms with van der Waals surface area (Å²) >= 11 is 0. The highest BCUT2D eigenvalue weighted by molar-refractivity contribution is 7.87. The van der Waals surface area contributed by atoms with Crippen LogP contribution >= 0.6 is 0 Å². The van der Waals surface area contributed by atoms with E-state index < -0.39 is 21.4 Å². The molecule has 5 unspecified atom stereocenters. The summed E-state index contributed by atoms with van der Waals surface area (Å²) in [7, 11) is -3.47. The fourth-order valence-corrected chi connectivity index (χ4v) is 5.80. The minimum Gasteiger partial charge on any atom is -0.266 e. The maximum Gasteiger partial charge on any atom is 0.270 e. The second-order valence-corrected chi connectivity index (χ2v) is 7.05. The molecule has 2 aliphatic carbocycles. The van der Waals surface area contributed by atoms with E-state index >= 15 is 0 Å². The molecule has 5 atom stereocenters. The summed E-state index contributed by atoms with van der Waals surface area (Å²) in [4.78, 5) is 10.8. The molecule has 0 amide bonds. The fourth-order valence-electron chi connectivity index (χ4n) is 3.88. The maximum absolute atomic E-state index is 11.8. The Morgan fingerprint density at radius 1 is 1.18 bits per heavy atom. The Hall–Kier alpha value is -0.690. The van der Waals surface area contributed by atoms with E-state index in [0.29, 0.717) is 19.3 Å². The summed E-state index contributed by atoms with van der Waals surface area (Å²) < 4.78 is 28.8. The lowest BCUT2D eigenvalue weighted by Gasteiger charge is -2.38. The Labute approximate surface area is 99.6 Å². The standard InChI is InChI=1S/C10H15NO5S/c12-11(13)7-4-5-8-10-6(7)2-1-3-9(10)17(14,15)16-8/h6-10H,1-5H2. The second-order valence-electron chi connectivity index (χ2n) is 5.27. The van der Waals surface area contributed by atoms with Gasteiger partial charge < -0.3 is 0 Å². The van der Waals surface area contributed by atoms with Crippen molar-refractivity contribution in [2.45, 2.75) is 49.5 Å². The largest absolute Gasteiger partial charge is 0.270 e. The third-order valence-electron chi connectivity index (χ3n) is 4.52. The molecule has 0 aromatic carbocycles. The molecule has 1 heterocycles. The van der Waals surface area contributed by atoms with Crippen LogP contribution in [0.2, 0.25) is 0 Å². The lowest BCUT2D eigenvalue weighted by Crippen LogP contribution is -2.48. The van der Waals surface area contributed by atoms with Gasteiger partial charge in [-0.1, -0.05) is 6.42 Å². The van der Waals surface area contributed by atoms with Crippen molar-refractivity contribution in [2.24, 2.45) is 11.8 Å². The van der Waals surface area contributed by atoms with Gasteiger partial charge in [0.25, 0.3) is 10.1 Å². The van der Waals surface area contributed by atoms with Crippen LogP contribution in [0.3, 0.4) is 0 Å². The first-order valence-electron chi connectivity index (χ1n) is 6.06. The van der Waals surface area contributed by atoms with Gasteiger partial charge in [-0.15, -0.1) is 0 Å². The van der Waals surface area contributed by atoms with E-state index in [1.807, 2.05) is 0 Å². The molecule has 3 fully saturated rings. The predicted molar refractivity (Wildman–Crippen MR) is 58.4 cm³/mol. The Morgan fingerprint density at radius 3 is 2.65 bits per heavy atom. The van der Waals surface area contributed by atoms with Crippen molar-refractivity contribution in [2.75, 3.05) is 0 Å². The fraction of sp³-hybridized carbons (Fsp3) is 1.00. The molecule has 3 aliphatic rings. The molecule has 17 heavy (non-hydrogen) atoms. The third-order valence-corrected chi connectivity index (χ3v) is 6.33. The molecule has 1 aliphatic heterocycles. The van der Waals surface area contributed by atoms with Crippen LogP contribution in [0.5, 0.6) is 0 Å². The first-order chi connectivity index (χ1) is 8.00. The molecular formula is C10H15NO5S. The molecule has 2 saturated carbocycles. The van der Waals surface area contributed by atoms with E-state index in [9.17, 15) is 18.5 Å². The first kappa shape index (κ1) is 11.4. The third kappa shape index (κ3) is 1.59. The number of nitro groups is 1. The Morgan fingerprint density at radius 2 is 1.94 bits per heavy atom. The van der Waals surface area contributed by atoms with Gasteiger partial charge in [-0.2, -0.15) is 8.42 Å². The lowest BCUT2D eigenvalue weighted by molar-refractivity contribution is -0.539. The highest BCUT2D eigenvalue weighted by atomic mass is 32.2. The minimum atomic E-state index is -3.47. The van der Waals surface area contributed by atoms with Crippen molar-refractivity contribution in [3.8, 4) is 0 Å². The van der Waals surface area contributed by atoms with Crippen LogP contribution in [-0.4, -0.2) is 30.7 Å². The monoisotopic (exact) mass is 261 g/mol. The normalized spacial score (nSPS) is 47.4. The van der Waals surface area contributed by atoms with Gasteiger partial charge in [0.05, 0.1) is 11.4 Å². The van der Waals surface area contributed by atoms with E-state index in [1.54, 1.807) is 0 Å². The van der Waals surface area contributed by atoms with Gasteiger partial charge >= 0.3 is 0 Å². The Bertz CT molecular complexity index is 448. The lowest BCUT2D eigenvalue weighted by atomic mass is 9.67. The average Bonchev–Trinajstić information content (AvgIpc) is 2.53. The van der Waals surface area contributed by atoms with Crippen LogP contribution in [0.25, 0.3) is 0 Å². The molecule has 96 valence electrons. The van der Waals surface area contributed by atoms with Crippen molar-refractivity contribution in [1.82, 2.24) is 0 Å². The topological polar surface area (TPSA) is 86.5 Å². The number of rotatable bonds is 1. The molecule has 6 nitrogen and oxygen atoms in total. The first-order valence-corrected chi connectivity index (χ1v) is 7.53. The highest BCUT2D eigenvalue weighted by Crippen LogP contribution is 2.50. The van der Waals surface area contributed by atoms with E-state index in [2.05, 4.69) is 0 Å². The van der Waals surface area contributed by atoms with Crippen molar-refractivity contribution >= 4 is 10.1 Å². The van der Waals surface area contributed by atoms with Crippen LogP contribution in [0.1, 0.15) is 32.1 Å². The van der Waals surface area contributed by atoms with Gasteiger partial charge in [0.15, 0.2) is 0 Å². The summed E-state index contributed by atoms with van der Waals surface area (Å²) in [5.74, 6) is -0.252. The SMILES string of the molecule is O=[N+]([O-])C1CCC2OS(=O)(=O)C3CCCC1C23. The van der Waals surface area contributed by atoms with Gasteiger partial charge in [-0.3, -0.25) is 14.3 Å². The van der Waals surface area contributed by atoms with Crippen LogP contribution in [0, 0.1) is 22.0 Å². The zero-order chi connectivity index (χ0) is 12.2. The van der Waals surface area contributed by atoms with E-state index in [1.165, 1.54) is 0 Å². The van der Waals surface area contributed by atoms with Crippen LogP contribution in [-0.2, 0) is 14.3 Å². The van der Waals surface area contributed by atoms with Gasteiger partial charge in [0.2, 0.25) is 6.04 Å². The zero-order valence-electron chi connectivity index (χ0n) is 9.32. The molecule has 1 saturated heterocycles. The smallest absolute Gasteiger partial charge is 0.266 e. The van der Waals surface area contributed by atoms with Crippen molar-refractivity contribution in [3.05, 3.63) is 10.1 Å². The second kappa shape index (κ2) is 3.65. The summed E-state index contributed by atoms with van der Waals surface area (Å²) in [6.07, 6.45) is 2.77. The summed E-state index contributed by atoms with van der Waals surface area (Å²) in [5.41, 5.74) is 0. The zero-order valence-corrected chi connectivity index (χ0v) is 10.1. The van der Waals surface area contributed by atoms with Gasteiger partial charge in [0.1, 0.15) is 0 Å². The van der Waals surface area contributed by atoms with Crippen LogP contribution in [0.15, 0.2) is 0 Å². The predicted octanol–water partition coefficient (Wildman–Crippen LogP) is 0.939. The molecule has 3 rings (SSSR count). The van der Waals surface area contributed by atoms with Crippen molar-refractivity contribution in [3.63, 3.8) is 0 Å². The van der Waals surface area contributed by atoms with Crippen molar-refractivity contribution < 1.29 is 17.5 Å². The van der Waals surface area contributed by atoms with Gasteiger partial charge in [0, 0.05) is 23.2 Å². The summed E-state index contributed by atoms with van der Waals surface area (Å²) in [5, 5.41) is 10.5. The number of hydrogen-bond acceptors (Lipinski definition) is 5. The van der Waals surface area contributed by atoms with Gasteiger partial charge in [-0.25, -0.2) is 0 Å². The van der Waals surface area contributed by atoms with E-state index in [4.69, 9.17) is 4.18 Å². The average molecular weight is 261 g/mol. The molecule has 0 N–H and O–H groups in total. The Kier molecular flexibility index (Phi) is 2.45. The molecule has 7 heteroatoms. The number of nitrogens with zero attached hydrogens (tertiary/aromatic N) is 1. The summed E-state index contributed by atoms with van der Waals surface area (Å²) in [6.45, 7) is 0. The molecule has 0 radical (unpaired) electrons. The quantitative estimate of drug-likeness (QED) is 0.398. The van der Waals surface area contributed by atoms with Crippen LogP contribution < -0.4 is 0 Å². The van der Waals surface area contributed by atoms with Crippen molar-refractivity contribution in [1.29, 1.82) is 0 Å². The number of hydrogen-bond donors (Lipinski definition) is 0. The molecular weight excluding hydrogens is 246 g/mol. The molecule has 0 spiro atoms. The molecule has 0 aromatic rings. The molecule has 0 bridgehead atoms. The molecule has 0 aromatic heterocycles.